The minimum atomic E-state index is 0. The van der Waals surface area contributed by atoms with E-state index in [1.165, 1.54) is 6.42 Å². The van der Waals surface area contributed by atoms with E-state index < -0.39 is 0 Å². The quantitative estimate of drug-likeness (QED) is 0.545. The van der Waals surface area contributed by atoms with Crippen LogP contribution in [-0.2, 0) is 6.42 Å². The van der Waals surface area contributed by atoms with E-state index >= 15 is 0 Å². The van der Waals surface area contributed by atoms with Crippen molar-refractivity contribution in [2.75, 3.05) is 36.1 Å². The molecule has 0 amide bonds. The van der Waals surface area contributed by atoms with Crippen LogP contribution in [0.25, 0.3) is 0 Å². The predicted molar refractivity (Wildman–Crippen MR) is 128 cm³/mol. The summed E-state index contributed by atoms with van der Waals surface area (Å²) in [6, 6.07) is 10.0. The standard InChI is InChI=1S/C21H29N7.2ClH/c1-3-4-6-16-12-20(28-10-5-7-18(14-28)24-2)27-21(25-16)26-17-8-9-19(23)15(11-17)13-22;;/h8-9,11-12,18,24H,3-7,10,14,23H2,1-2H3,(H,25,26,27);2*1H. The summed E-state index contributed by atoms with van der Waals surface area (Å²) in [5.41, 5.74) is 8.54. The van der Waals surface area contributed by atoms with Crippen molar-refractivity contribution in [3.63, 3.8) is 0 Å². The first kappa shape index (κ1) is 25.8. The van der Waals surface area contributed by atoms with E-state index in [1.807, 2.05) is 13.1 Å². The fraction of sp³-hybridized carbons (Fsp3) is 0.476. The topological polar surface area (TPSA) is 103 Å². The van der Waals surface area contributed by atoms with Gasteiger partial charge < -0.3 is 21.3 Å². The van der Waals surface area contributed by atoms with Crippen molar-refractivity contribution in [2.24, 2.45) is 0 Å². The molecule has 7 nitrogen and oxygen atoms in total. The minimum absolute atomic E-state index is 0. The van der Waals surface area contributed by atoms with Gasteiger partial charge >= 0.3 is 0 Å². The van der Waals surface area contributed by atoms with Crippen LogP contribution in [0, 0.1) is 11.3 Å². The largest absolute Gasteiger partial charge is 0.398 e. The fourth-order valence-corrected chi connectivity index (χ4v) is 3.47. The van der Waals surface area contributed by atoms with Crippen molar-refractivity contribution in [1.29, 1.82) is 5.26 Å². The molecule has 0 spiro atoms. The minimum Gasteiger partial charge on any atom is -0.398 e. The number of aryl methyl sites for hydroxylation is 1. The number of piperidine rings is 1. The number of nitrogens with two attached hydrogens (primary N) is 1. The van der Waals surface area contributed by atoms with Crippen molar-refractivity contribution in [3.8, 4) is 6.07 Å². The molecule has 0 radical (unpaired) electrons. The van der Waals surface area contributed by atoms with Crippen LogP contribution in [0.5, 0.6) is 0 Å². The Kier molecular flexibility index (Phi) is 10.7. The number of halogens is 2. The van der Waals surface area contributed by atoms with Gasteiger partial charge in [0.05, 0.1) is 5.56 Å². The van der Waals surface area contributed by atoms with E-state index in [0.29, 0.717) is 23.2 Å². The Morgan fingerprint density at radius 1 is 1.27 bits per heavy atom. The molecule has 4 N–H and O–H groups in total. The molecule has 0 saturated carbocycles. The first-order valence-electron chi connectivity index (χ1n) is 9.99. The zero-order valence-electron chi connectivity index (χ0n) is 17.5. The highest BCUT2D eigenvalue weighted by molar-refractivity contribution is 5.85. The molecule has 1 saturated heterocycles. The number of hydrogen-bond acceptors (Lipinski definition) is 7. The summed E-state index contributed by atoms with van der Waals surface area (Å²) in [5.74, 6) is 1.52. The number of nitrogen functional groups attached to an aromatic ring is 1. The van der Waals surface area contributed by atoms with Crippen LogP contribution in [0.3, 0.4) is 0 Å². The summed E-state index contributed by atoms with van der Waals surface area (Å²) in [7, 11) is 2.02. The molecule has 2 aromatic rings. The lowest BCUT2D eigenvalue weighted by Gasteiger charge is -2.33. The van der Waals surface area contributed by atoms with Crippen LogP contribution in [0.2, 0.25) is 0 Å². The number of benzene rings is 1. The van der Waals surface area contributed by atoms with Crippen LogP contribution < -0.4 is 21.3 Å². The van der Waals surface area contributed by atoms with Gasteiger partial charge in [-0.25, -0.2) is 4.98 Å². The van der Waals surface area contributed by atoms with E-state index in [2.05, 4.69) is 34.6 Å². The molecule has 164 valence electrons. The molecule has 1 aliphatic rings. The third-order valence-electron chi connectivity index (χ3n) is 5.14. The maximum absolute atomic E-state index is 9.21. The van der Waals surface area contributed by atoms with Crippen LogP contribution in [0.1, 0.15) is 43.9 Å². The highest BCUT2D eigenvalue weighted by Gasteiger charge is 2.20. The van der Waals surface area contributed by atoms with Gasteiger partial charge in [0, 0.05) is 42.3 Å². The van der Waals surface area contributed by atoms with Crippen LogP contribution in [0.15, 0.2) is 24.3 Å². The summed E-state index contributed by atoms with van der Waals surface area (Å²) in [4.78, 5) is 11.8. The Bertz CT molecular complexity index is 854. The van der Waals surface area contributed by atoms with Crippen molar-refractivity contribution in [2.45, 2.75) is 45.1 Å². The highest BCUT2D eigenvalue weighted by atomic mass is 35.5. The van der Waals surface area contributed by atoms with Gasteiger partial charge in [-0.2, -0.15) is 10.2 Å². The zero-order chi connectivity index (χ0) is 19.9. The van der Waals surface area contributed by atoms with Gasteiger partial charge in [-0.15, -0.1) is 24.8 Å². The molecule has 9 heteroatoms. The Morgan fingerprint density at radius 3 is 2.77 bits per heavy atom. The average Bonchev–Trinajstić information content (AvgIpc) is 2.73. The summed E-state index contributed by atoms with van der Waals surface area (Å²) < 4.78 is 0. The first-order valence-corrected chi connectivity index (χ1v) is 9.99. The molecule has 0 aliphatic carbocycles. The molecule has 1 aromatic heterocycles. The monoisotopic (exact) mass is 451 g/mol. The number of rotatable bonds is 7. The van der Waals surface area contributed by atoms with E-state index in [-0.39, 0.29) is 24.8 Å². The van der Waals surface area contributed by atoms with Gasteiger partial charge in [-0.1, -0.05) is 13.3 Å². The number of nitrogens with one attached hydrogen (secondary N) is 2. The molecule has 0 bridgehead atoms. The van der Waals surface area contributed by atoms with Gasteiger partial charge in [0.1, 0.15) is 11.9 Å². The van der Waals surface area contributed by atoms with Gasteiger partial charge in [0.2, 0.25) is 5.95 Å². The van der Waals surface area contributed by atoms with Crippen LogP contribution in [0.4, 0.5) is 23.1 Å². The molecular formula is C21H31Cl2N7. The summed E-state index contributed by atoms with van der Waals surface area (Å²) in [5, 5.41) is 15.8. The van der Waals surface area contributed by atoms with Gasteiger partial charge in [0.15, 0.2) is 0 Å². The Balaban J connectivity index is 0.00000225. The number of hydrogen-bond donors (Lipinski definition) is 3. The lowest BCUT2D eigenvalue weighted by molar-refractivity contribution is 0.447. The van der Waals surface area contributed by atoms with E-state index in [4.69, 9.17) is 15.7 Å². The second-order valence-electron chi connectivity index (χ2n) is 7.26. The number of nitrogens with zero attached hydrogens (tertiary/aromatic N) is 4. The third-order valence-corrected chi connectivity index (χ3v) is 5.14. The van der Waals surface area contributed by atoms with Crippen LogP contribution >= 0.6 is 24.8 Å². The molecule has 3 rings (SSSR count). The second-order valence-corrected chi connectivity index (χ2v) is 7.26. The molecular weight excluding hydrogens is 421 g/mol. The molecule has 30 heavy (non-hydrogen) atoms. The number of nitriles is 1. The number of unbranched alkanes of at least 4 members (excludes halogenated alkanes) is 1. The SMILES string of the molecule is CCCCc1cc(N2CCCC(NC)C2)nc(Nc2ccc(N)c(C#N)c2)n1.Cl.Cl. The zero-order valence-corrected chi connectivity index (χ0v) is 19.2. The van der Waals surface area contributed by atoms with Crippen molar-refractivity contribution >= 4 is 48.0 Å². The van der Waals surface area contributed by atoms with Crippen molar-refractivity contribution in [3.05, 3.63) is 35.5 Å². The molecule has 1 unspecified atom stereocenters. The number of aromatic nitrogens is 2. The average molecular weight is 452 g/mol. The molecule has 1 fully saturated rings. The molecule has 1 aliphatic heterocycles. The summed E-state index contributed by atoms with van der Waals surface area (Å²) in [6.07, 6.45) is 5.47. The van der Waals surface area contributed by atoms with Crippen LogP contribution in [-0.4, -0.2) is 36.1 Å². The van der Waals surface area contributed by atoms with E-state index in [9.17, 15) is 5.26 Å². The second kappa shape index (κ2) is 12.4. The Morgan fingerprint density at radius 2 is 2.07 bits per heavy atom. The Labute approximate surface area is 191 Å². The predicted octanol–water partition coefficient (Wildman–Crippen LogP) is 4.05. The van der Waals surface area contributed by atoms with E-state index in [0.717, 1.165) is 56.0 Å². The smallest absolute Gasteiger partial charge is 0.229 e. The van der Waals surface area contributed by atoms with Gasteiger partial charge in [-0.05, 0) is 50.9 Å². The van der Waals surface area contributed by atoms with E-state index in [1.54, 1.807) is 12.1 Å². The van der Waals surface area contributed by atoms with Gasteiger partial charge in [0.25, 0.3) is 0 Å². The van der Waals surface area contributed by atoms with Crippen molar-refractivity contribution in [1.82, 2.24) is 15.3 Å². The molecule has 1 atom stereocenters. The highest BCUT2D eigenvalue weighted by Crippen LogP contribution is 2.24. The maximum atomic E-state index is 9.21. The first-order chi connectivity index (χ1) is 13.6. The third kappa shape index (κ3) is 6.63. The van der Waals surface area contributed by atoms with Crippen molar-refractivity contribution < 1.29 is 0 Å². The molecule has 2 heterocycles. The summed E-state index contributed by atoms with van der Waals surface area (Å²) >= 11 is 0. The number of anilines is 4. The lowest BCUT2D eigenvalue weighted by atomic mass is 10.1. The lowest BCUT2D eigenvalue weighted by Crippen LogP contribution is -2.44. The normalized spacial score (nSPS) is 15.5. The molecule has 1 aromatic carbocycles. The van der Waals surface area contributed by atoms with Gasteiger partial charge in [-0.3, -0.25) is 0 Å². The maximum Gasteiger partial charge on any atom is 0.229 e. The summed E-state index contributed by atoms with van der Waals surface area (Å²) in [6.45, 7) is 4.13. The number of likely N-dealkylation sites (N-methyl/N-ethyl adjacent to an activating group) is 1. The fourth-order valence-electron chi connectivity index (χ4n) is 3.47. The Hall–Kier alpha value is -2.27.